The molecule has 140 valence electrons. The fourth-order valence-corrected chi connectivity index (χ4v) is 3.14. The first-order chi connectivity index (χ1) is 12.9. The summed E-state index contributed by atoms with van der Waals surface area (Å²) in [5, 5.41) is 2.66. The molecule has 1 aliphatic rings. The van der Waals surface area contributed by atoms with Crippen molar-refractivity contribution in [2.75, 3.05) is 6.54 Å². The van der Waals surface area contributed by atoms with Gasteiger partial charge in [-0.25, -0.2) is 4.79 Å². The molecule has 2 atom stereocenters. The highest BCUT2D eigenvalue weighted by Gasteiger charge is 2.50. The Kier molecular flexibility index (Phi) is 5.08. The number of rotatable bonds is 6. The molecule has 0 radical (unpaired) electrons. The zero-order chi connectivity index (χ0) is 19.6. The van der Waals surface area contributed by atoms with Gasteiger partial charge in [0, 0.05) is 11.8 Å². The number of amides is 3. The van der Waals surface area contributed by atoms with Crippen molar-refractivity contribution in [3.63, 3.8) is 0 Å². The van der Waals surface area contributed by atoms with Gasteiger partial charge in [-0.05, 0) is 37.0 Å². The first-order valence-corrected chi connectivity index (χ1v) is 9.05. The van der Waals surface area contributed by atoms with E-state index in [1.807, 2.05) is 12.1 Å². The van der Waals surface area contributed by atoms with Gasteiger partial charge in [0.1, 0.15) is 0 Å². The topological polar surface area (TPSA) is 79.4 Å². The van der Waals surface area contributed by atoms with Crippen LogP contribution in [0.3, 0.4) is 0 Å². The molecule has 1 saturated heterocycles. The number of urea groups is 1. The van der Waals surface area contributed by atoms with E-state index in [1.165, 1.54) is 0 Å². The van der Waals surface area contributed by atoms with Crippen LogP contribution in [0, 0.1) is 0 Å². The highest BCUT2D eigenvalue weighted by atomic mass is 16.2. The second kappa shape index (κ2) is 7.31. The monoisotopic (exact) mass is 365 g/mol. The molecule has 3 amide bonds. The van der Waals surface area contributed by atoms with Crippen molar-refractivity contribution >= 4 is 17.7 Å². The molecule has 2 unspecified atom stereocenters. The third-order valence-electron chi connectivity index (χ3n) is 5.17. The summed E-state index contributed by atoms with van der Waals surface area (Å²) in [6.07, 6.45) is 2.58. The number of nitrogens with one attached hydrogen (secondary N) is 1. The molecule has 1 aromatic heterocycles. The zero-order valence-electron chi connectivity index (χ0n) is 15.7. The van der Waals surface area contributed by atoms with E-state index in [1.54, 1.807) is 43.5 Å². The van der Waals surface area contributed by atoms with Crippen molar-refractivity contribution in [3.05, 3.63) is 65.5 Å². The Morgan fingerprint density at radius 2 is 1.89 bits per heavy atom. The van der Waals surface area contributed by atoms with Gasteiger partial charge in [-0.1, -0.05) is 44.2 Å². The van der Waals surface area contributed by atoms with Gasteiger partial charge in [0.15, 0.2) is 11.3 Å². The molecule has 0 bridgehead atoms. The number of carbonyl (C=O) groups excluding carboxylic acids is 3. The molecule has 0 saturated carbocycles. The summed E-state index contributed by atoms with van der Waals surface area (Å²) in [6, 6.07) is 11.9. The molecule has 6 nitrogen and oxygen atoms in total. The van der Waals surface area contributed by atoms with E-state index in [9.17, 15) is 14.4 Å². The van der Waals surface area contributed by atoms with E-state index in [2.05, 4.69) is 24.1 Å². The number of hydrogen-bond donors (Lipinski definition) is 1. The van der Waals surface area contributed by atoms with E-state index in [-0.39, 0.29) is 12.3 Å². The Balaban J connectivity index is 1.76. The highest BCUT2D eigenvalue weighted by molar-refractivity contribution is 6.11. The maximum Gasteiger partial charge on any atom is 0.325 e. The van der Waals surface area contributed by atoms with E-state index < -0.39 is 17.5 Å². The summed E-state index contributed by atoms with van der Waals surface area (Å²) in [7, 11) is 0. The van der Waals surface area contributed by atoms with Crippen LogP contribution in [0.5, 0.6) is 0 Å². The van der Waals surface area contributed by atoms with Crippen LogP contribution >= 0.6 is 0 Å². The first-order valence-electron chi connectivity index (χ1n) is 9.05. The SMILES string of the molecule is CCC(C)c1ccc(C(=O)CN2C(=O)NC(C)(c3ccccn3)C2=O)cc1. The van der Waals surface area contributed by atoms with Crippen LogP contribution in [0.25, 0.3) is 0 Å². The van der Waals surface area contributed by atoms with Gasteiger partial charge in [0.2, 0.25) is 0 Å². The average molecular weight is 365 g/mol. The molecule has 2 aromatic rings. The molecule has 1 N–H and O–H groups in total. The van der Waals surface area contributed by atoms with Crippen LogP contribution in [0.4, 0.5) is 4.79 Å². The quantitative estimate of drug-likeness (QED) is 0.629. The lowest BCUT2D eigenvalue weighted by molar-refractivity contribution is -0.130. The number of pyridine rings is 1. The van der Waals surface area contributed by atoms with Gasteiger partial charge in [0.25, 0.3) is 5.91 Å². The van der Waals surface area contributed by atoms with Crippen molar-refractivity contribution < 1.29 is 14.4 Å². The number of nitrogens with zero attached hydrogens (tertiary/aromatic N) is 2. The highest BCUT2D eigenvalue weighted by Crippen LogP contribution is 2.27. The van der Waals surface area contributed by atoms with Crippen molar-refractivity contribution in [1.29, 1.82) is 0 Å². The largest absolute Gasteiger partial charge is 0.325 e. The Bertz CT molecular complexity index is 864. The fourth-order valence-electron chi connectivity index (χ4n) is 3.14. The lowest BCUT2D eigenvalue weighted by atomic mass is 9.96. The summed E-state index contributed by atoms with van der Waals surface area (Å²) in [5.74, 6) is -0.339. The number of carbonyl (C=O) groups is 3. The summed E-state index contributed by atoms with van der Waals surface area (Å²) in [5.41, 5.74) is 0.816. The minimum Gasteiger partial charge on any atom is -0.318 e. The molecule has 1 aliphatic heterocycles. The van der Waals surface area contributed by atoms with Crippen molar-refractivity contribution in [1.82, 2.24) is 15.2 Å². The van der Waals surface area contributed by atoms with E-state index in [4.69, 9.17) is 0 Å². The molecule has 2 heterocycles. The fraction of sp³-hybridized carbons (Fsp3) is 0.333. The molecule has 6 heteroatoms. The average Bonchev–Trinajstić information content (AvgIpc) is 2.92. The van der Waals surface area contributed by atoms with Gasteiger partial charge >= 0.3 is 6.03 Å². The number of hydrogen-bond acceptors (Lipinski definition) is 4. The second-order valence-electron chi connectivity index (χ2n) is 7.02. The van der Waals surface area contributed by atoms with E-state index in [0.29, 0.717) is 17.2 Å². The van der Waals surface area contributed by atoms with Crippen molar-refractivity contribution in [2.24, 2.45) is 0 Å². The van der Waals surface area contributed by atoms with Crippen LogP contribution in [-0.2, 0) is 10.3 Å². The van der Waals surface area contributed by atoms with Crippen LogP contribution in [0.15, 0.2) is 48.7 Å². The summed E-state index contributed by atoms with van der Waals surface area (Å²) in [4.78, 5) is 42.9. The summed E-state index contributed by atoms with van der Waals surface area (Å²) < 4.78 is 0. The Morgan fingerprint density at radius 1 is 1.19 bits per heavy atom. The molecular weight excluding hydrogens is 342 g/mol. The predicted molar refractivity (Wildman–Crippen MR) is 101 cm³/mol. The maximum absolute atomic E-state index is 12.8. The van der Waals surface area contributed by atoms with Gasteiger partial charge in [-0.3, -0.25) is 19.5 Å². The van der Waals surface area contributed by atoms with Gasteiger partial charge in [-0.15, -0.1) is 0 Å². The Labute approximate surface area is 158 Å². The predicted octanol–water partition coefficient (Wildman–Crippen LogP) is 3.25. The van der Waals surface area contributed by atoms with Gasteiger partial charge in [0.05, 0.1) is 12.2 Å². The summed E-state index contributed by atoms with van der Waals surface area (Å²) >= 11 is 0. The van der Waals surface area contributed by atoms with Gasteiger partial charge < -0.3 is 5.32 Å². The standard InChI is InChI=1S/C21H23N3O3/c1-4-14(2)15-8-10-16(11-9-15)17(25)13-24-19(26)21(3,23-20(24)27)18-7-5-6-12-22-18/h5-12,14H,4,13H2,1-3H3,(H,23,27). The number of aromatic nitrogens is 1. The molecular formula is C21H23N3O3. The van der Waals surface area contributed by atoms with Crippen LogP contribution in [0.2, 0.25) is 0 Å². The first kappa shape index (κ1) is 18.8. The minimum absolute atomic E-state index is 0.278. The lowest BCUT2D eigenvalue weighted by Crippen LogP contribution is -2.42. The number of ketones is 1. The summed E-state index contributed by atoms with van der Waals surface area (Å²) in [6.45, 7) is 5.54. The molecule has 1 fully saturated rings. The smallest absolute Gasteiger partial charge is 0.318 e. The zero-order valence-corrected chi connectivity index (χ0v) is 15.7. The van der Waals surface area contributed by atoms with Crippen LogP contribution in [0.1, 0.15) is 54.7 Å². The molecule has 1 aromatic carbocycles. The van der Waals surface area contributed by atoms with E-state index in [0.717, 1.165) is 16.9 Å². The van der Waals surface area contributed by atoms with Crippen LogP contribution < -0.4 is 5.32 Å². The molecule has 0 spiro atoms. The maximum atomic E-state index is 12.8. The van der Waals surface area contributed by atoms with E-state index >= 15 is 0 Å². The van der Waals surface area contributed by atoms with Crippen molar-refractivity contribution in [3.8, 4) is 0 Å². The Hall–Kier alpha value is -3.02. The lowest BCUT2D eigenvalue weighted by Gasteiger charge is -2.20. The molecule has 0 aliphatic carbocycles. The Morgan fingerprint density at radius 3 is 2.48 bits per heavy atom. The van der Waals surface area contributed by atoms with Gasteiger partial charge in [-0.2, -0.15) is 0 Å². The number of Topliss-reactive ketones (excluding diaryl/α,β-unsaturated/α-hetero) is 1. The third-order valence-corrected chi connectivity index (χ3v) is 5.17. The number of benzene rings is 1. The number of imide groups is 1. The third kappa shape index (κ3) is 3.47. The second-order valence-corrected chi connectivity index (χ2v) is 7.02. The molecule has 3 rings (SSSR count). The van der Waals surface area contributed by atoms with Crippen LogP contribution in [-0.4, -0.2) is 34.2 Å². The van der Waals surface area contributed by atoms with Crippen molar-refractivity contribution in [2.45, 2.75) is 38.6 Å². The minimum atomic E-state index is -1.26. The molecule has 27 heavy (non-hydrogen) atoms. The normalized spacial score (nSPS) is 20.5.